The van der Waals surface area contributed by atoms with Crippen LogP contribution in [0.25, 0.3) is 0 Å². The molecule has 0 heteroatoms. The zero-order valence-corrected chi connectivity index (χ0v) is 8.40. The molecule has 2 fully saturated rings. The lowest BCUT2D eigenvalue weighted by Gasteiger charge is -2.34. The van der Waals surface area contributed by atoms with Crippen LogP contribution in [0.1, 0.15) is 46.0 Å². The second kappa shape index (κ2) is 2.61. The molecular formula is C12H20. The molecule has 0 radical (unpaired) electrons. The van der Waals surface area contributed by atoms with E-state index < -0.39 is 0 Å². The van der Waals surface area contributed by atoms with Crippen LogP contribution in [0.5, 0.6) is 0 Å². The van der Waals surface area contributed by atoms with E-state index in [1.165, 1.54) is 37.7 Å². The summed E-state index contributed by atoms with van der Waals surface area (Å²) < 4.78 is 0. The maximum Gasteiger partial charge on any atom is -0.0258 e. The Morgan fingerprint density at radius 2 is 2.25 bits per heavy atom. The Morgan fingerprint density at radius 3 is 2.67 bits per heavy atom. The number of rotatable bonds is 2. The second-order valence-electron chi connectivity index (χ2n) is 5.37. The molecule has 2 saturated carbocycles. The van der Waals surface area contributed by atoms with Crippen molar-refractivity contribution in [3.05, 3.63) is 12.2 Å². The lowest BCUT2D eigenvalue weighted by Crippen LogP contribution is -2.24. The van der Waals surface area contributed by atoms with Gasteiger partial charge in [0.05, 0.1) is 0 Å². The minimum absolute atomic E-state index is 0.634. The molecule has 0 N–H and O–H groups in total. The highest BCUT2D eigenvalue weighted by molar-refractivity contribution is 5.04. The first-order valence-corrected chi connectivity index (χ1v) is 5.24. The third kappa shape index (κ3) is 1.22. The van der Waals surface area contributed by atoms with Gasteiger partial charge in [-0.3, -0.25) is 0 Å². The van der Waals surface area contributed by atoms with Crippen molar-refractivity contribution in [1.29, 1.82) is 0 Å². The predicted molar refractivity (Wildman–Crippen MR) is 53.0 cm³/mol. The molecule has 3 unspecified atom stereocenters. The van der Waals surface area contributed by atoms with Crippen LogP contribution in [0.15, 0.2) is 12.2 Å². The molecule has 0 aliphatic heterocycles. The van der Waals surface area contributed by atoms with Gasteiger partial charge in [0.25, 0.3) is 0 Å². The number of hydrogen-bond donors (Lipinski definition) is 0. The summed E-state index contributed by atoms with van der Waals surface area (Å²) in [7, 11) is 0. The lowest BCUT2D eigenvalue weighted by atomic mass is 9.71. The van der Waals surface area contributed by atoms with Gasteiger partial charge in [-0.15, -0.1) is 6.58 Å². The number of allylic oxidation sites excluding steroid dienone is 1. The molecule has 3 atom stereocenters. The smallest absolute Gasteiger partial charge is 0.0258 e. The Kier molecular flexibility index (Phi) is 1.82. The maximum absolute atomic E-state index is 4.05. The fourth-order valence-corrected chi connectivity index (χ4v) is 3.63. The van der Waals surface area contributed by atoms with E-state index in [0.717, 1.165) is 11.8 Å². The van der Waals surface area contributed by atoms with E-state index in [0.29, 0.717) is 5.41 Å². The molecule has 0 amide bonds. The zero-order chi connectivity index (χ0) is 8.77. The van der Waals surface area contributed by atoms with Crippen molar-refractivity contribution in [3.8, 4) is 0 Å². The van der Waals surface area contributed by atoms with Crippen molar-refractivity contribution < 1.29 is 0 Å². The zero-order valence-electron chi connectivity index (χ0n) is 8.40. The topological polar surface area (TPSA) is 0 Å². The van der Waals surface area contributed by atoms with Crippen molar-refractivity contribution in [2.45, 2.75) is 46.0 Å². The average molecular weight is 164 g/mol. The van der Waals surface area contributed by atoms with Crippen LogP contribution in [-0.2, 0) is 0 Å². The van der Waals surface area contributed by atoms with Crippen LogP contribution >= 0.6 is 0 Å². The van der Waals surface area contributed by atoms with Gasteiger partial charge in [0.15, 0.2) is 0 Å². The van der Waals surface area contributed by atoms with Crippen molar-refractivity contribution >= 4 is 0 Å². The molecule has 0 aromatic heterocycles. The van der Waals surface area contributed by atoms with Gasteiger partial charge in [-0.1, -0.05) is 18.9 Å². The fraction of sp³-hybridized carbons (Fsp3) is 0.833. The molecule has 68 valence electrons. The molecule has 2 aliphatic carbocycles. The van der Waals surface area contributed by atoms with Crippen LogP contribution in [-0.4, -0.2) is 0 Å². The summed E-state index contributed by atoms with van der Waals surface area (Å²) in [6, 6.07) is 0. The Morgan fingerprint density at radius 1 is 1.50 bits per heavy atom. The molecule has 0 aromatic carbocycles. The van der Waals surface area contributed by atoms with Crippen molar-refractivity contribution in [1.82, 2.24) is 0 Å². The van der Waals surface area contributed by atoms with Gasteiger partial charge in [0, 0.05) is 0 Å². The predicted octanol–water partition coefficient (Wildman–Crippen LogP) is 3.78. The third-order valence-electron chi connectivity index (χ3n) is 3.99. The normalized spacial score (nSPS) is 45.2. The third-order valence-corrected chi connectivity index (χ3v) is 3.99. The lowest BCUT2D eigenvalue weighted by molar-refractivity contribution is 0.188. The Labute approximate surface area is 76.1 Å². The molecule has 2 bridgehead atoms. The van der Waals surface area contributed by atoms with Crippen molar-refractivity contribution in [2.24, 2.45) is 17.3 Å². The number of hydrogen-bond acceptors (Lipinski definition) is 0. The summed E-state index contributed by atoms with van der Waals surface area (Å²) in [4.78, 5) is 0. The average Bonchev–Trinajstić information content (AvgIpc) is 2.42. The molecule has 12 heavy (non-hydrogen) atoms. The van der Waals surface area contributed by atoms with Crippen molar-refractivity contribution in [2.75, 3.05) is 0 Å². The van der Waals surface area contributed by atoms with E-state index >= 15 is 0 Å². The van der Waals surface area contributed by atoms with Gasteiger partial charge >= 0.3 is 0 Å². The maximum atomic E-state index is 4.05. The fourth-order valence-electron chi connectivity index (χ4n) is 3.63. The molecule has 2 rings (SSSR count). The number of fused-ring (bicyclic) bond motifs is 2. The Balaban J connectivity index is 2.07. The first-order chi connectivity index (χ1) is 5.60. The molecule has 2 aliphatic rings. The molecule has 0 heterocycles. The molecule has 0 nitrogen and oxygen atoms in total. The van der Waals surface area contributed by atoms with Gasteiger partial charge in [-0.2, -0.15) is 0 Å². The van der Waals surface area contributed by atoms with E-state index in [1.54, 1.807) is 0 Å². The summed E-state index contributed by atoms with van der Waals surface area (Å²) in [5, 5.41) is 0. The van der Waals surface area contributed by atoms with E-state index in [1.807, 2.05) is 0 Å². The van der Waals surface area contributed by atoms with Crippen molar-refractivity contribution in [3.63, 3.8) is 0 Å². The van der Waals surface area contributed by atoms with Gasteiger partial charge in [0.2, 0.25) is 0 Å². The SMILES string of the molecule is C=C(C)CC1(C)CC2CCC1C2. The standard InChI is InChI=1S/C12H20/c1-9(2)7-12(3)8-10-4-5-11(12)6-10/h10-11H,1,4-8H2,2-3H3. The summed E-state index contributed by atoms with van der Waals surface area (Å²) in [6.45, 7) is 8.70. The molecule has 0 aromatic rings. The molecule has 0 saturated heterocycles. The van der Waals surface area contributed by atoms with Gasteiger partial charge in [-0.25, -0.2) is 0 Å². The Hall–Kier alpha value is -0.260. The van der Waals surface area contributed by atoms with Gasteiger partial charge < -0.3 is 0 Å². The summed E-state index contributed by atoms with van der Waals surface area (Å²) in [6.07, 6.45) is 7.27. The molecule has 0 spiro atoms. The van der Waals surface area contributed by atoms with Gasteiger partial charge in [0.1, 0.15) is 0 Å². The van der Waals surface area contributed by atoms with Crippen LogP contribution in [0, 0.1) is 17.3 Å². The van der Waals surface area contributed by atoms with E-state index in [-0.39, 0.29) is 0 Å². The van der Waals surface area contributed by atoms with Crippen LogP contribution in [0.2, 0.25) is 0 Å². The first-order valence-electron chi connectivity index (χ1n) is 5.24. The quantitative estimate of drug-likeness (QED) is 0.545. The van der Waals surface area contributed by atoms with E-state index in [2.05, 4.69) is 20.4 Å². The van der Waals surface area contributed by atoms with Crippen LogP contribution < -0.4 is 0 Å². The monoisotopic (exact) mass is 164 g/mol. The van der Waals surface area contributed by atoms with Crippen LogP contribution in [0.3, 0.4) is 0 Å². The summed E-state index contributed by atoms with van der Waals surface area (Å²) in [5.74, 6) is 2.10. The summed E-state index contributed by atoms with van der Waals surface area (Å²) in [5.41, 5.74) is 2.01. The minimum Gasteiger partial charge on any atom is -0.100 e. The van der Waals surface area contributed by atoms with Crippen LogP contribution in [0.4, 0.5) is 0 Å². The van der Waals surface area contributed by atoms with E-state index in [9.17, 15) is 0 Å². The minimum atomic E-state index is 0.634. The summed E-state index contributed by atoms with van der Waals surface area (Å²) >= 11 is 0. The van der Waals surface area contributed by atoms with E-state index in [4.69, 9.17) is 0 Å². The highest BCUT2D eigenvalue weighted by atomic mass is 14.5. The Bertz CT molecular complexity index is 204. The largest absolute Gasteiger partial charge is 0.100 e. The highest BCUT2D eigenvalue weighted by Crippen LogP contribution is 2.57. The first kappa shape index (κ1) is 8.34. The van der Waals surface area contributed by atoms with Gasteiger partial charge in [-0.05, 0) is 49.9 Å². The molecular weight excluding hydrogens is 144 g/mol. The highest BCUT2D eigenvalue weighted by Gasteiger charge is 2.47. The second-order valence-corrected chi connectivity index (χ2v) is 5.37.